The number of carbonyl (C=O) groups is 2. The minimum atomic E-state index is -0.708. The Hall–Kier alpha value is -1.26. The van der Waals surface area contributed by atoms with Crippen molar-refractivity contribution in [2.45, 2.75) is 70.0 Å². The Kier molecular flexibility index (Phi) is 3.41. The molecule has 0 aromatic heterocycles. The van der Waals surface area contributed by atoms with Gasteiger partial charge in [-0.25, -0.2) is 4.79 Å². The number of esters is 1. The fourth-order valence-corrected chi connectivity index (χ4v) is 5.03. The normalized spacial score (nSPS) is 41.6. The Bertz CT molecular complexity index is 447. The highest BCUT2D eigenvalue weighted by atomic mass is 16.6. The molecule has 4 saturated carbocycles. The van der Waals surface area contributed by atoms with Gasteiger partial charge in [-0.05, 0) is 50.4 Å². The summed E-state index contributed by atoms with van der Waals surface area (Å²) < 4.78 is 11.4. The number of amides is 1. The van der Waals surface area contributed by atoms with E-state index in [1.54, 1.807) is 0 Å². The number of nitrogens with two attached hydrogens (primary N) is 1. The molecule has 118 valence electrons. The van der Waals surface area contributed by atoms with Crippen molar-refractivity contribution in [3.63, 3.8) is 0 Å². The topological polar surface area (TPSA) is 78.6 Å². The molecule has 5 heteroatoms. The third-order valence-corrected chi connectivity index (χ3v) is 5.60. The van der Waals surface area contributed by atoms with Gasteiger partial charge in [-0.3, -0.25) is 4.79 Å². The van der Waals surface area contributed by atoms with Crippen LogP contribution < -0.4 is 5.73 Å². The number of carbonyl (C=O) groups excluding carboxylic acids is 2. The van der Waals surface area contributed by atoms with E-state index in [0.29, 0.717) is 18.3 Å². The highest BCUT2D eigenvalue weighted by molar-refractivity contribution is 5.72. The van der Waals surface area contributed by atoms with E-state index < -0.39 is 17.3 Å². The number of ether oxygens (including phenoxy) is 2. The average Bonchev–Trinajstić information content (AvgIpc) is 2.33. The summed E-state index contributed by atoms with van der Waals surface area (Å²) in [5, 5.41) is 0. The molecule has 21 heavy (non-hydrogen) atoms. The average molecular weight is 295 g/mol. The van der Waals surface area contributed by atoms with Crippen molar-refractivity contribution in [2.75, 3.05) is 0 Å². The van der Waals surface area contributed by atoms with Crippen LogP contribution in [0.5, 0.6) is 0 Å². The van der Waals surface area contributed by atoms with E-state index in [4.69, 9.17) is 15.2 Å². The Morgan fingerprint density at radius 2 is 1.67 bits per heavy atom. The van der Waals surface area contributed by atoms with Crippen molar-refractivity contribution in [2.24, 2.45) is 23.5 Å². The molecule has 4 aliphatic rings. The van der Waals surface area contributed by atoms with Crippen LogP contribution in [0, 0.1) is 17.8 Å². The van der Waals surface area contributed by atoms with Gasteiger partial charge in [0, 0.05) is 6.42 Å². The molecule has 5 nitrogen and oxygen atoms in total. The first kappa shape index (κ1) is 14.7. The Labute approximate surface area is 125 Å². The molecule has 0 spiro atoms. The minimum Gasteiger partial charge on any atom is -0.459 e. The lowest BCUT2D eigenvalue weighted by Gasteiger charge is -2.60. The lowest BCUT2D eigenvalue weighted by molar-refractivity contribution is -0.221. The van der Waals surface area contributed by atoms with Crippen LogP contribution in [0.25, 0.3) is 0 Å². The van der Waals surface area contributed by atoms with Crippen molar-refractivity contribution < 1.29 is 19.1 Å². The predicted molar refractivity (Wildman–Crippen MR) is 76.4 cm³/mol. The van der Waals surface area contributed by atoms with Gasteiger partial charge in [-0.2, -0.15) is 0 Å². The molecule has 4 fully saturated rings. The molecule has 0 saturated heterocycles. The summed E-state index contributed by atoms with van der Waals surface area (Å²) in [5.74, 6) is 0.769. The molecule has 1 amide bonds. The van der Waals surface area contributed by atoms with Crippen molar-refractivity contribution in [3.05, 3.63) is 0 Å². The number of rotatable bonds is 4. The van der Waals surface area contributed by atoms with Crippen LogP contribution >= 0.6 is 0 Å². The summed E-state index contributed by atoms with van der Waals surface area (Å²) in [5.41, 5.74) is 4.33. The summed E-state index contributed by atoms with van der Waals surface area (Å²) in [6, 6.07) is 0. The zero-order chi connectivity index (χ0) is 15.3. The van der Waals surface area contributed by atoms with E-state index in [9.17, 15) is 9.59 Å². The Morgan fingerprint density at radius 1 is 1.14 bits per heavy atom. The lowest BCUT2D eigenvalue weighted by Crippen LogP contribution is -2.62. The Balaban J connectivity index is 1.80. The van der Waals surface area contributed by atoms with Crippen LogP contribution in [0.1, 0.15) is 58.8 Å². The Morgan fingerprint density at radius 3 is 2.14 bits per heavy atom. The van der Waals surface area contributed by atoms with Gasteiger partial charge in [0.1, 0.15) is 11.2 Å². The van der Waals surface area contributed by atoms with Crippen LogP contribution in [0.4, 0.5) is 4.79 Å². The third kappa shape index (κ3) is 2.62. The van der Waals surface area contributed by atoms with Gasteiger partial charge in [0.15, 0.2) is 0 Å². The maximum atomic E-state index is 12.2. The molecule has 4 bridgehead atoms. The van der Waals surface area contributed by atoms with Crippen LogP contribution in [-0.4, -0.2) is 23.3 Å². The minimum absolute atomic E-state index is 0.0778. The number of hydrogen-bond donors (Lipinski definition) is 1. The predicted octanol–water partition coefficient (Wildman–Crippen LogP) is 2.76. The van der Waals surface area contributed by atoms with Crippen LogP contribution in [-0.2, 0) is 14.3 Å². The molecule has 2 N–H and O–H groups in total. The zero-order valence-corrected chi connectivity index (χ0v) is 12.9. The maximum Gasteiger partial charge on any atom is 0.405 e. The van der Waals surface area contributed by atoms with E-state index in [-0.39, 0.29) is 11.9 Å². The number of primary amides is 1. The fraction of sp³-hybridized carbons (Fsp3) is 0.875. The second-order valence-electron chi connectivity index (χ2n) is 7.48. The smallest absolute Gasteiger partial charge is 0.405 e. The van der Waals surface area contributed by atoms with Gasteiger partial charge >= 0.3 is 12.1 Å². The van der Waals surface area contributed by atoms with E-state index in [0.717, 1.165) is 38.5 Å². The first-order valence-corrected chi connectivity index (χ1v) is 8.07. The van der Waals surface area contributed by atoms with Gasteiger partial charge in [0.05, 0.1) is 5.92 Å². The molecule has 3 unspecified atom stereocenters. The molecule has 3 atom stereocenters. The molecule has 4 rings (SSSR count). The fourth-order valence-electron chi connectivity index (χ4n) is 5.03. The van der Waals surface area contributed by atoms with Gasteiger partial charge in [0.25, 0.3) is 0 Å². The molecular formula is C16H25NO4. The van der Waals surface area contributed by atoms with Crippen molar-refractivity contribution >= 4 is 12.1 Å². The van der Waals surface area contributed by atoms with Gasteiger partial charge in [0.2, 0.25) is 0 Å². The van der Waals surface area contributed by atoms with Gasteiger partial charge in [-0.1, -0.05) is 13.8 Å². The summed E-state index contributed by atoms with van der Waals surface area (Å²) in [6.45, 7) is 3.89. The molecular weight excluding hydrogens is 270 g/mol. The number of hydrogen-bond acceptors (Lipinski definition) is 4. The van der Waals surface area contributed by atoms with E-state index in [1.807, 2.05) is 13.8 Å². The molecule has 0 aromatic carbocycles. The van der Waals surface area contributed by atoms with Crippen LogP contribution in [0.2, 0.25) is 0 Å². The third-order valence-electron chi connectivity index (χ3n) is 5.60. The quantitative estimate of drug-likeness (QED) is 0.809. The van der Waals surface area contributed by atoms with Gasteiger partial charge < -0.3 is 15.2 Å². The highest BCUT2D eigenvalue weighted by Gasteiger charge is 2.61. The summed E-state index contributed by atoms with van der Waals surface area (Å²) in [4.78, 5) is 23.5. The standard InChI is InChI=1S/C16H25NO4/c1-3-10(2)13(18)20-15-5-11-4-12(6-15)8-16(7-11,9-15)21-14(17)19/h10-12H,3-9H2,1-2H3,(H2,17,19). The second kappa shape index (κ2) is 4.89. The summed E-state index contributed by atoms with van der Waals surface area (Å²) >= 11 is 0. The van der Waals surface area contributed by atoms with Gasteiger partial charge in [-0.15, -0.1) is 0 Å². The van der Waals surface area contributed by atoms with Crippen molar-refractivity contribution in [1.29, 1.82) is 0 Å². The SMILES string of the molecule is CCC(C)C(=O)OC12CC3CC(CC(OC(N)=O)(C3)C1)C2. The molecule has 4 aliphatic carbocycles. The summed E-state index contributed by atoms with van der Waals surface area (Å²) in [7, 11) is 0. The van der Waals surface area contributed by atoms with Crippen LogP contribution in [0.3, 0.4) is 0 Å². The second-order valence-corrected chi connectivity index (χ2v) is 7.48. The van der Waals surface area contributed by atoms with E-state index >= 15 is 0 Å². The lowest BCUT2D eigenvalue weighted by atomic mass is 9.52. The molecule has 0 heterocycles. The molecule has 0 aliphatic heterocycles. The van der Waals surface area contributed by atoms with E-state index in [2.05, 4.69) is 0 Å². The highest BCUT2D eigenvalue weighted by Crippen LogP contribution is 2.60. The van der Waals surface area contributed by atoms with E-state index in [1.165, 1.54) is 0 Å². The monoisotopic (exact) mass is 295 g/mol. The maximum absolute atomic E-state index is 12.2. The largest absolute Gasteiger partial charge is 0.459 e. The first-order valence-electron chi connectivity index (χ1n) is 8.07. The summed E-state index contributed by atoms with van der Waals surface area (Å²) in [6.07, 6.45) is 5.42. The first-order chi connectivity index (χ1) is 9.85. The molecule has 0 radical (unpaired) electrons. The van der Waals surface area contributed by atoms with Crippen molar-refractivity contribution in [3.8, 4) is 0 Å². The zero-order valence-electron chi connectivity index (χ0n) is 12.9. The molecule has 0 aromatic rings. The van der Waals surface area contributed by atoms with Crippen LogP contribution in [0.15, 0.2) is 0 Å². The van der Waals surface area contributed by atoms with Crippen molar-refractivity contribution in [1.82, 2.24) is 0 Å².